The SMILES string of the molecule is Cc1[nH]ccc1C(=O)N1CC[C@]2(C(=O)Nc3ccccc32)[C@@H]1c1ccc(F)cc1. The second-order valence-electron chi connectivity index (χ2n) is 7.69. The van der Waals surface area contributed by atoms with E-state index >= 15 is 0 Å². The lowest BCUT2D eigenvalue weighted by molar-refractivity contribution is -0.121. The van der Waals surface area contributed by atoms with E-state index in [1.807, 2.05) is 31.2 Å². The number of nitrogens with one attached hydrogen (secondary N) is 2. The van der Waals surface area contributed by atoms with E-state index in [-0.39, 0.29) is 17.6 Å². The summed E-state index contributed by atoms with van der Waals surface area (Å²) in [4.78, 5) is 31.5. The van der Waals surface area contributed by atoms with E-state index in [1.54, 1.807) is 29.3 Å². The maximum Gasteiger partial charge on any atom is 0.256 e. The van der Waals surface area contributed by atoms with Crippen molar-refractivity contribution >= 4 is 17.5 Å². The summed E-state index contributed by atoms with van der Waals surface area (Å²) in [5.74, 6) is -0.599. The van der Waals surface area contributed by atoms with Crippen molar-refractivity contribution in [3.05, 3.63) is 89.0 Å². The van der Waals surface area contributed by atoms with Gasteiger partial charge in [0.25, 0.3) is 5.91 Å². The average molecular weight is 389 g/mol. The summed E-state index contributed by atoms with van der Waals surface area (Å²) in [6, 6.07) is 15.0. The normalized spacial score (nSPS) is 22.8. The van der Waals surface area contributed by atoms with Gasteiger partial charge in [-0.3, -0.25) is 9.59 Å². The van der Waals surface area contributed by atoms with Crippen molar-refractivity contribution in [1.29, 1.82) is 0 Å². The molecule has 29 heavy (non-hydrogen) atoms. The zero-order valence-corrected chi connectivity index (χ0v) is 15.9. The molecule has 2 aromatic carbocycles. The molecule has 0 saturated carbocycles. The van der Waals surface area contributed by atoms with Crippen LogP contribution in [0.2, 0.25) is 0 Å². The van der Waals surface area contributed by atoms with Gasteiger partial charge in [0.15, 0.2) is 0 Å². The molecule has 1 fully saturated rings. The summed E-state index contributed by atoms with van der Waals surface area (Å²) in [6.07, 6.45) is 2.24. The Hall–Kier alpha value is -3.41. The number of hydrogen-bond donors (Lipinski definition) is 2. The van der Waals surface area contributed by atoms with Gasteiger partial charge in [-0.05, 0) is 48.7 Å². The van der Waals surface area contributed by atoms with E-state index in [2.05, 4.69) is 10.3 Å². The molecule has 2 aliphatic rings. The van der Waals surface area contributed by atoms with Gasteiger partial charge in [-0.25, -0.2) is 4.39 Å². The number of hydrogen-bond acceptors (Lipinski definition) is 2. The van der Waals surface area contributed by atoms with E-state index in [0.717, 1.165) is 22.5 Å². The highest BCUT2D eigenvalue weighted by atomic mass is 19.1. The number of rotatable bonds is 2. The quantitative estimate of drug-likeness (QED) is 0.697. The maximum atomic E-state index is 13.6. The van der Waals surface area contributed by atoms with Gasteiger partial charge >= 0.3 is 0 Å². The van der Waals surface area contributed by atoms with Crippen LogP contribution < -0.4 is 5.32 Å². The number of nitrogens with zero attached hydrogens (tertiary/aromatic N) is 1. The number of amides is 2. The molecular weight excluding hydrogens is 369 g/mol. The third-order valence-corrected chi connectivity index (χ3v) is 6.22. The van der Waals surface area contributed by atoms with Crippen LogP contribution in [0.4, 0.5) is 10.1 Å². The first-order valence-electron chi connectivity index (χ1n) is 9.64. The molecule has 1 saturated heterocycles. The minimum atomic E-state index is -0.895. The Labute approximate surface area is 167 Å². The Kier molecular flexibility index (Phi) is 3.84. The van der Waals surface area contributed by atoms with Crippen LogP contribution in [0.25, 0.3) is 0 Å². The van der Waals surface area contributed by atoms with Crippen LogP contribution >= 0.6 is 0 Å². The van der Waals surface area contributed by atoms with E-state index in [0.29, 0.717) is 18.5 Å². The Morgan fingerprint density at radius 1 is 1.14 bits per heavy atom. The number of halogens is 1. The molecule has 2 atom stereocenters. The number of aryl methyl sites for hydroxylation is 1. The molecule has 2 N–H and O–H groups in total. The Morgan fingerprint density at radius 2 is 1.90 bits per heavy atom. The third-order valence-electron chi connectivity index (χ3n) is 6.22. The number of aromatic nitrogens is 1. The number of aromatic amines is 1. The molecular formula is C23H20FN3O2. The molecule has 0 radical (unpaired) electrons. The van der Waals surface area contributed by atoms with Crippen molar-refractivity contribution in [3.8, 4) is 0 Å². The number of likely N-dealkylation sites (tertiary alicyclic amines) is 1. The summed E-state index contributed by atoms with van der Waals surface area (Å²) in [5, 5.41) is 2.99. The van der Waals surface area contributed by atoms with Crippen LogP contribution in [0.1, 0.15) is 39.6 Å². The van der Waals surface area contributed by atoms with Crippen LogP contribution in [0.3, 0.4) is 0 Å². The summed E-state index contributed by atoms with van der Waals surface area (Å²) in [7, 11) is 0. The second-order valence-corrected chi connectivity index (χ2v) is 7.69. The molecule has 0 bridgehead atoms. The first-order valence-corrected chi connectivity index (χ1v) is 9.64. The van der Waals surface area contributed by atoms with Gasteiger partial charge in [0, 0.05) is 24.1 Å². The van der Waals surface area contributed by atoms with Gasteiger partial charge in [0.2, 0.25) is 5.91 Å². The van der Waals surface area contributed by atoms with Gasteiger partial charge in [-0.15, -0.1) is 0 Å². The predicted molar refractivity (Wildman–Crippen MR) is 107 cm³/mol. The summed E-state index contributed by atoms with van der Waals surface area (Å²) >= 11 is 0. The largest absolute Gasteiger partial charge is 0.365 e. The third kappa shape index (κ3) is 2.45. The number of benzene rings is 2. The molecule has 146 valence electrons. The Bertz CT molecular complexity index is 1120. The van der Waals surface area contributed by atoms with Crippen molar-refractivity contribution in [3.63, 3.8) is 0 Å². The summed E-state index contributed by atoms with van der Waals surface area (Å²) in [6.45, 7) is 2.29. The van der Waals surface area contributed by atoms with Gasteiger partial charge in [0.1, 0.15) is 11.2 Å². The van der Waals surface area contributed by atoms with Crippen LogP contribution in [0.15, 0.2) is 60.8 Å². The zero-order chi connectivity index (χ0) is 20.2. The molecule has 1 aromatic heterocycles. The fourth-order valence-corrected chi connectivity index (χ4v) is 4.85. The Balaban J connectivity index is 1.69. The molecule has 1 spiro atoms. The molecule has 5 nitrogen and oxygen atoms in total. The molecule has 2 aliphatic heterocycles. The maximum absolute atomic E-state index is 13.6. The predicted octanol–water partition coefficient (Wildman–Crippen LogP) is 3.94. The lowest BCUT2D eigenvalue weighted by atomic mass is 9.72. The first-order chi connectivity index (χ1) is 14.0. The van der Waals surface area contributed by atoms with Gasteiger partial charge < -0.3 is 15.2 Å². The summed E-state index contributed by atoms with van der Waals surface area (Å²) in [5.41, 5.74) is 2.88. The number of carbonyl (C=O) groups excluding carboxylic acids is 2. The summed E-state index contributed by atoms with van der Waals surface area (Å²) < 4.78 is 13.6. The number of para-hydroxylation sites is 1. The Morgan fingerprint density at radius 3 is 2.62 bits per heavy atom. The lowest BCUT2D eigenvalue weighted by Crippen LogP contribution is -2.42. The molecule has 3 heterocycles. The van der Waals surface area contributed by atoms with E-state index in [9.17, 15) is 14.0 Å². The van der Waals surface area contributed by atoms with Crippen molar-refractivity contribution in [2.24, 2.45) is 0 Å². The lowest BCUT2D eigenvalue weighted by Gasteiger charge is -2.34. The molecule has 6 heteroatoms. The van der Waals surface area contributed by atoms with Crippen LogP contribution in [0.5, 0.6) is 0 Å². The van der Waals surface area contributed by atoms with E-state index in [1.165, 1.54) is 12.1 Å². The standard InChI is InChI=1S/C23H20FN3O2/c1-14-17(10-12-25-14)21(28)27-13-11-23(20(27)15-6-8-16(24)9-7-15)18-4-2-3-5-19(18)26-22(23)29/h2-10,12,20,25H,11,13H2,1H3,(H,26,29)/t20-,23+/m0/s1. The van der Waals surface area contributed by atoms with Crippen molar-refractivity contribution < 1.29 is 14.0 Å². The highest BCUT2D eigenvalue weighted by Crippen LogP contribution is 2.55. The minimum absolute atomic E-state index is 0.117. The topological polar surface area (TPSA) is 65.2 Å². The monoisotopic (exact) mass is 389 g/mol. The van der Waals surface area contributed by atoms with Gasteiger partial charge in [-0.2, -0.15) is 0 Å². The van der Waals surface area contributed by atoms with E-state index < -0.39 is 11.5 Å². The van der Waals surface area contributed by atoms with E-state index in [4.69, 9.17) is 0 Å². The molecule has 0 unspecified atom stereocenters. The average Bonchev–Trinajstić information content (AvgIpc) is 3.40. The smallest absolute Gasteiger partial charge is 0.256 e. The highest BCUT2D eigenvalue weighted by Gasteiger charge is 2.59. The molecule has 3 aromatic rings. The first kappa shape index (κ1) is 17.7. The minimum Gasteiger partial charge on any atom is -0.365 e. The fraction of sp³-hybridized carbons (Fsp3) is 0.217. The fourth-order valence-electron chi connectivity index (χ4n) is 4.85. The van der Waals surface area contributed by atoms with Crippen molar-refractivity contribution in [2.75, 3.05) is 11.9 Å². The number of carbonyl (C=O) groups is 2. The van der Waals surface area contributed by atoms with Gasteiger partial charge in [0.05, 0.1) is 11.6 Å². The molecule has 5 rings (SSSR count). The van der Waals surface area contributed by atoms with Gasteiger partial charge in [-0.1, -0.05) is 30.3 Å². The molecule has 0 aliphatic carbocycles. The number of fused-ring (bicyclic) bond motifs is 2. The van der Waals surface area contributed by atoms with Crippen molar-refractivity contribution in [1.82, 2.24) is 9.88 Å². The number of anilines is 1. The number of H-pyrrole nitrogens is 1. The second kappa shape index (κ2) is 6.30. The highest BCUT2D eigenvalue weighted by molar-refractivity contribution is 6.08. The van der Waals surface area contributed by atoms with Crippen LogP contribution in [-0.2, 0) is 10.2 Å². The zero-order valence-electron chi connectivity index (χ0n) is 15.9. The van der Waals surface area contributed by atoms with Crippen LogP contribution in [0, 0.1) is 12.7 Å². The van der Waals surface area contributed by atoms with Crippen LogP contribution in [-0.4, -0.2) is 28.2 Å². The van der Waals surface area contributed by atoms with Crippen molar-refractivity contribution in [2.45, 2.75) is 24.8 Å². The molecule has 2 amide bonds.